The van der Waals surface area contributed by atoms with Gasteiger partial charge in [0.05, 0.1) is 40.2 Å². The second kappa shape index (κ2) is 8.67. The highest BCUT2D eigenvalue weighted by Gasteiger charge is 2.36. The Hall–Kier alpha value is -3.51. The molecule has 2 aromatic rings. The van der Waals surface area contributed by atoms with E-state index < -0.39 is 23.5 Å². The molecule has 0 saturated heterocycles. The van der Waals surface area contributed by atoms with Gasteiger partial charge in [0.2, 0.25) is 5.91 Å². The zero-order valence-electron chi connectivity index (χ0n) is 15.4. The molecule has 7 nitrogen and oxygen atoms in total. The third kappa shape index (κ3) is 4.50. The van der Waals surface area contributed by atoms with Gasteiger partial charge in [0.25, 0.3) is 5.91 Å². The van der Waals surface area contributed by atoms with Crippen LogP contribution in [0.1, 0.15) is 18.6 Å². The second-order valence-electron chi connectivity index (χ2n) is 6.18. The summed E-state index contributed by atoms with van der Waals surface area (Å²) in [4.78, 5) is 24.2. The van der Waals surface area contributed by atoms with E-state index in [4.69, 9.17) is 10.2 Å². The van der Waals surface area contributed by atoms with Gasteiger partial charge in [-0.2, -0.15) is 5.26 Å². The van der Waals surface area contributed by atoms with Gasteiger partial charge in [-0.1, -0.05) is 11.8 Å². The minimum absolute atomic E-state index is 0.0250. The highest BCUT2D eigenvalue weighted by Crippen LogP contribution is 2.41. The van der Waals surface area contributed by atoms with Gasteiger partial charge in [-0.05, 0) is 43.3 Å². The maximum atomic E-state index is 13.1. The summed E-state index contributed by atoms with van der Waals surface area (Å²) in [5.41, 5.74) is 6.64. The van der Waals surface area contributed by atoms with E-state index >= 15 is 0 Å². The van der Waals surface area contributed by atoms with Crippen LogP contribution in [0, 0.1) is 17.1 Å². The first kappa shape index (κ1) is 20.2. The fourth-order valence-corrected chi connectivity index (χ4v) is 3.77. The van der Waals surface area contributed by atoms with E-state index in [1.807, 2.05) is 0 Å². The van der Waals surface area contributed by atoms with Gasteiger partial charge in [-0.3, -0.25) is 9.59 Å². The molecular formula is C20H17FN4O3S. The van der Waals surface area contributed by atoms with Crippen molar-refractivity contribution in [1.82, 2.24) is 5.32 Å². The van der Waals surface area contributed by atoms with Crippen LogP contribution in [0.3, 0.4) is 0 Å². The predicted octanol–water partition coefficient (Wildman–Crippen LogP) is 2.97. The number of carbonyl (C=O) groups is 2. The highest BCUT2D eigenvalue weighted by molar-refractivity contribution is 8.03. The fraction of sp³-hybridized carbons (Fsp3) is 0.150. The molecule has 2 heterocycles. The fourth-order valence-electron chi connectivity index (χ4n) is 2.94. The van der Waals surface area contributed by atoms with Crippen LogP contribution in [-0.4, -0.2) is 17.6 Å². The number of benzene rings is 1. The molecule has 148 valence electrons. The van der Waals surface area contributed by atoms with Crippen molar-refractivity contribution < 1.29 is 18.4 Å². The van der Waals surface area contributed by atoms with Crippen molar-refractivity contribution in [2.24, 2.45) is 5.73 Å². The number of dihydropyridines is 1. The van der Waals surface area contributed by atoms with Crippen molar-refractivity contribution in [2.45, 2.75) is 12.8 Å². The largest absolute Gasteiger partial charge is 0.468 e. The molecule has 0 saturated carbocycles. The van der Waals surface area contributed by atoms with Gasteiger partial charge in [0.1, 0.15) is 11.6 Å². The maximum Gasteiger partial charge on any atom is 0.254 e. The number of rotatable bonds is 6. The smallest absolute Gasteiger partial charge is 0.254 e. The third-order valence-electron chi connectivity index (χ3n) is 4.18. The molecule has 1 aliphatic heterocycles. The standard InChI is InChI=1S/C20H17FN4O3S/c1-11-17(19(27)25-13-6-4-12(21)5-7-13)18(15-3-2-8-28-15)14(9-22)20(24-11)29-10-16(23)26/h2-8,18,24H,10H2,1H3,(H2,23,26)(H,25,27). The Bertz CT molecular complexity index is 1040. The van der Waals surface area contributed by atoms with Gasteiger partial charge < -0.3 is 20.8 Å². The summed E-state index contributed by atoms with van der Waals surface area (Å²) in [5.74, 6) is -1.80. The van der Waals surface area contributed by atoms with Crippen LogP contribution in [0.2, 0.25) is 0 Å². The molecule has 1 aromatic carbocycles. The quantitative estimate of drug-likeness (QED) is 0.671. The number of nitrogens with zero attached hydrogens (tertiary/aromatic N) is 1. The number of thioether (sulfide) groups is 1. The Labute approximate surface area is 170 Å². The molecule has 1 aromatic heterocycles. The van der Waals surface area contributed by atoms with Gasteiger partial charge in [-0.15, -0.1) is 0 Å². The number of hydrogen-bond donors (Lipinski definition) is 3. The van der Waals surface area contributed by atoms with Gasteiger partial charge in [0, 0.05) is 11.4 Å². The van der Waals surface area contributed by atoms with Crippen molar-refractivity contribution >= 4 is 29.3 Å². The van der Waals surface area contributed by atoms with Crippen LogP contribution in [-0.2, 0) is 9.59 Å². The van der Waals surface area contributed by atoms with Crippen LogP contribution >= 0.6 is 11.8 Å². The number of halogens is 1. The monoisotopic (exact) mass is 412 g/mol. The summed E-state index contributed by atoms with van der Waals surface area (Å²) in [6.45, 7) is 1.69. The SMILES string of the molecule is CC1=C(C(=O)Nc2ccc(F)cc2)C(c2ccco2)C(C#N)=C(SCC(N)=O)N1. The topological polar surface area (TPSA) is 121 Å². The van der Waals surface area contributed by atoms with Crippen molar-refractivity contribution in [3.8, 4) is 6.07 Å². The van der Waals surface area contributed by atoms with Crippen LogP contribution in [0.4, 0.5) is 10.1 Å². The summed E-state index contributed by atoms with van der Waals surface area (Å²) in [5, 5.41) is 16.0. The van der Waals surface area contributed by atoms with E-state index in [0.717, 1.165) is 11.8 Å². The molecule has 29 heavy (non-hydrogen) atoms. The first-order chi connectivity index (χ1) is 13.9. The lowest BCUT2D eigenvalue weighted by molar-refractivity contribution is -0.115. The average Bonchev–Trinajstić information content (AvgIpc) is 3.21. The summed E-state index contributed by atoms with van der Waals surface area (Å²) < 4.78 is 18.6. The normalized spacial score (nSPS) is 16.2. The second-order valence-corrected chi connectivity index (χ2v) is 7.17. The Kier molecular flexibility index (Phi) is 6.04. The van der Waals surface area contributed by atoms with E-state index in [1.165, 1.54) is 30.5 Å². The third-order valence-corrected chi connectivity index (χ3v) is 5.22. The molecule has 1 atom stereocenters. The zero-order chi connectivity index (χ0) is 21.0. The molecule has 4 N–H and O–H groups in total. The van der Waals surface area contributed by atoms with Gasteiger partial charge >= 0.3 is 0 Å². The maximum absolute atomic E-state index is 13.1. The molecule has 0 aliphatic carbocycles. The lowest BCUT2D eigenvalue weighted by Crippen LogP contribution is -2.31. The number of nitriles is 1. The van der Waals surface area contributed by atoms with E-state index in [1.54, 1.807) is 19.1 Å². The number of anilines is 1. The molecule has 0 bridgehead atoms. The molecule has 1 aliphatic rings. The molecule has 0 radical (unpaired) electrons. The lowest BCUT2D eigenvalue weighted by Gasteiger charge is -2.28. The van der Waals surface area contributed by atoms with Gasteiger partial charge in [0.15, 0.2) is 0 Å². The van der Waals surface area contributed by atoms with Gasteiger partial charge in [-0.25, -0.2) is 4.39 Å². The Balaban J connectivity index is 1.99. The predicted molar refractivity (Wildman–Crippen MR) is 107 cm³/mol. The van der Waals surface area contributed by atoms with E-state index in [-0.39, 0.29) is 16.9 Å². The van der Waals surface area contributed by atoms with Crippen LogP contribution < -0.4 is 16.4 Å². The van der Waals surface area contributed by atoms with Crippen molar-refractivity contribution in [3.63, 3.8) is 0 Å². The molecule has 0 fully saturated rings. The van der Waals surface area contributed by atoms with Crippen molar-refractivity contribution in [3.05, 3.63) is 76.1 Å². The number of nitrogens with two attached hydrogens (primary N) is 1. The number of hydrogen-bond acceptors (Lipinski definition) is 6. The molecule has 3 rings (SSSR count). The Morgan fingerprint density at radius 1 is 1.34 bits per heavy atom. The minimum Gasteiger partial charge on any atom is -0.468 e. The zero-order valence-corrected chi connectivity index (χ0v) is 16.2. The molecular weight excluding hydrogens is 395 g/mol. The minimum atomic E-state index is -0.771. The molecule has 2 amide bonds. The van der Waals surface area contributed by atoms with Crippen LogP contribution in [0.25, 0.3) is 0 Å². The van der Waals surface area contributed by atoms with Crippen LogP contribution in [0.15, 0.2) is 69.0 Å². The summed E-state index contributed by atoms with van der Waals surface area (Å²) >= 11 is 1.08. The highest BCUT2D eigenvalue weighted by atomic mass is 32.2. The number of carbonyl (C=O) groups excluding carboxylic acids is 2. The first-order valence-corrected chi connectivity index (χ1v) is 9.52. The summed E-state index contributed by atoms with van der Waals surface area (Å²) in [6, 6.07) is 10.8. The van der Waals surface area contributed by atoms with Crippen LogP contribution in [0.5, 0.6) is 0 Å². The van der Waals surface area contributed by atoms with Crippen molar-refractivity contribution in [1.29, 1.82) is 5.26 Å². The summed E-state index contributed by atoms with van der Waals surface area (Å²) in [7, 11) is 0. The Morgan fingerprint density at radius 2 is 2.07 bits per heavy atom. The number of primary amides is 1. The van der Waals surface area contributed by atoms with E-state index in [2.05, 4.69) is 16.7 Å². The average molecular weight is 412 g/mol. The van der Waals surface area contributed by atoms with Crippen molar-refractivity contribution in [2.75, 3.05) is 11.1 Å². The molecule has 9 heteroatoms. The lowest BCUT2D eigenvalue weighted by atomic mass is 9.85. The Morgan fingerprint density at radius 3 is 2.66 bits per heavy atom. The first-order valence-electron chi connectivity index (χ1n) is 8.54. The number of amides is 2. The molecule has 0 spiro atoms. The number of allylic oxidation sites excluding steroid dienone is 2. The van der Waals surface area contributed by atoms with E-state index in [9.17, 15) is 19.2 Å². The van der Waals surface area contributed by atoms with E-state index in [0.29, 0.717) is 22.2 Å². The number of nitrogens with one attached hydrogen (secondary N) is 2. The molecule has 1 unspecified atom stereocenters. The number of furan rings is 1. The summed E-state index contributed by atoms with van der Waals surface area (Å²) in [6.07, 6.45) is 1.45.